The zero-order valence-electron chi connectivity index (χ0n) is 11.1. The van der Waals surface area contributed by atoms with Crippen LogP contribution >= 0.6 is 0 Å². The number of hydrogen-bond acceptors (Lipinski definition) is 4. The van der Waals surface area contributed by atoms with Crippen molar-refractivity contribution in [3.05, 3.63) is 23.0 Å². The normalized spacial score (nSPS) is 16.9. The number of aryl methyl sites for hydroxylation is 1. The standard InChI is InChI=1S/C13H18F3N3O/c1-7-5-8(19-17)11(9(10(7)14)12(15)16)18-6-13(20)3-2-4-13/h5,12,18-20H,2-4,6,17H2,1H3. The number of alkyl halides is 2. The topological polar surface area (TPSA) is 70.3 Å². The highest BCUT2D eigenvalue weighted by Crippen LogP contribution is 2.38. The maximum atomic E-state index is 13.9. The number of halogens is 3. The third kappa shape index (κ3) is 2.69. The van der Waals surface area contributed by atoms with Crippen LogP contribution in [0.2, 0.25) is 0 Å². The molecule has 1 aliphatic rings. The second kappa shape index (κ2) is 5.49. The summed E-state index contributed by atoms with van der Waals surface area (Å²) in [4.78, 5) is 0. The van der Waals surface area contributed by atoms with Gasteiger partial charge in [0, 0.05) is 6.54 Å². The molecular weight excluding hydrogens is 271 g/mol. The molecule has 0 heterocycles. The lowest BCUT2D eigenvalue weighted by molar-refractivity contribution is -0.0202. The molecule has 7 heteroatoms. The van der Waals surface area contributed by atoms with Crippen molar-refractivity contribution in [3.63, 3.8) is 0 Å². The number of benzene rings is 1. The maximum absolute atomic E-state index is 13.9. The first-order valence-corrected chi connectivity index (χ1v) is 6.42. The molecular formula is C13H18F3N3O. The average molecular weight is 289 g/mol. The van der Waals surface area contributed by atoms with Crippen LogP contribution < -0.4 is 16.6 Å². The fourth-order valence-electron chi connectivity index (χ4n) is 2.34. The van der Waals surface area contributed by atoms with Crippen LogP contribution in [0.15, 0.2) is 6.07 Å². The Morgan fingerprint density at radius 2 is 2.10 bits per heavy atom. The minimum Gasteiger partial charge on any atom is -0.388 e. The highest BCUT2D eigenvalue weighted by molar-refractivity contribution is 5.74. The molecule has 112 valence electrons. The molecule has 0 radical (unpaired) electrons. The van der Waals surface area contributed by atoms with Crippen LogP contribution in [0, 0.1) is 12.7 Å². The molecule has 1 fully saturated rings. The van der Waals surface area contributed by atoms with Gasteiger partial charge in [-0.25, -0.2) is 13.2 Å². The van der Waals surface area contributed by atoms with E-state index in [-0.39, 0.29) is 23.5 Å². The first kappa shape index (κ1) is 14.9. The van der Waals surface area contributed by atoms with Crippen molar-refractivity contribution in [2.75, 3.05) is 17.3 Å². The highest BCUT2D eigenvalue weighted by atomic mass is 19.3. The van der Waals surface area contributed by atoms with Gasteiger partial charge >= 0.3 is 0 Å². The lowest BCUT2D eigenvalue weighted by Gasteiger charge is -2.37. The minimum atomic E-state index is -2.97. The first-order chi connectivity index (χ1) is 9.38. The Kier molecular flexibility index (Phi) is 4.10. The van der Waals surface area contributed by atoms with E-state index in [1.54, 1.807) is 0 Å². The molecule has 1 saturated carbocycles. The van der Waals surface area contributed by atoms with Gasteiger partial charge in [-0.05, 0) is 37.8 Å². The third-order valence-electron chi connectivity index (χ3n) is 3.73. The van der Waals surface area contributed by atoms with Gasteiger partial charge in [0.25, 0.3) is 6.43 Å². The van der Waals surface area contributed by atoms with E-state index in [1.165, 1.54) is 13.0 Å². The molecule has 0 aromatic heterocycles. The van der Waals surface area contributed by atoms with Crippen LogP contribution in [0.3, 0.4) is 0 Å². The van der Waals surface area contributed by atoms with Crippen molar-refractivity contribution in [1.82, 2.24) is 0 Å². The van der Waals surface area contributed by atoms with E-state index in [2.05, 4.69) is 10.7 Å². The van der Waals surface area contributed by atoms with Crippen molar-refractivity contribution >= 4 is 11.4 Å². The van der Waals surface area contributed by atoms with Crippen LogP contribution in [0.1, 0.15) is 36.8 Å². The largest absolute Gasteiger partial charge is 0.388 e. The van der Waals surface area contributed by atoms with Crippen molar-refractivity contribution in [1.29, 1.82) is 0 Å². The summed E-state index contributed by atoms with van der Waals surface area (Å²) < 4.78 is 40.1. The number of nitrogens with two attached hydrogens (primary N) is 1. The van der Waals surface area contributed by atoms with Crippen LogP contribution in [0.5, 0.6) is 0 Å². The summed E-state index contributed by atoms with van der Waals surface area (Å²) in [5.41, 5.74) is 0.831. The highest BCUT2D eigenvalue weighted by Gasteiger charge is 2.35. The van der Waals surface area contributed by atoms with E-state index in [0.29, 0.717) is 12.8 Å². The van der Waals surface area contributed by atoms with Gasteiger partial charge < -0.3 is 15.8 Å². The molecule has 1 aromatic carbocycles. The molecule has 0 bridgehead atoms. The van der Waals surface area contributed by atoms with Gasteiger partial charge in [0.15, 0.2) is 0 Å². The monoisotopic (exact) mass is 289 g/mol. The van der Waals surface area contributed by atoms with Crippen LogP contribution in [-0.4, -0.2) is 17.3 Å². The fourth-order valence-corrected chi connectivity index (χ4v) is 2.34. The van der Waals surface area contributed by atoms with Crippen molar-refractivity contribution in [3.8, 4) is 0 Å². The molecule has 0 aliphatic heterocycles. The summed E-state index contributed by atoms with van der Waals surface area (Å²) in [6.07, 6.45) is -0.877. The smallest absolute Gasteiger partial charge is 0.268 e. The Morgan fingerprint density at radius 1 is 1.45 bits per heavy atom. The number of hydrogen-bond donors (Lipinski definition) is 4. The fraction of sp³-hybridized carbons (Fsp3) is 0.538. The predicted molar refractivity (Wildman–Crippen MR) is 71.2 cm³/mol. The average Bonchev–Trinajstić information content (AvgIpc) is 2.36. The van der Waals surface area contributed by atoms with Gasteiger partial charge in [-0.1, -0.05) is 0 Å². The predicted octanol–water partition coefficient (Wildman–Crippen LogP) is 2.68. The molecule has 0 amide bonds. The second-order valence-electron chi connectivity index (χ2n) is 5.22. The SMILES string of the molecule is Cc1cc(NN)c(NCC2(O)CCC2)c(C(F)F)c1F. The van der Waals surface area contributed by atoms with Crippen LogP contribution in [0.25, 0.3) is 0 Å². The number of nitrogens with one attached hydrogen (secondary N) is 2. The van der Waals surface area contributed by atoms with Crippen LogP contribution in [-0.2, 0) is 0 Å². The van der Waals surface area contributed by atoms with Gasteiger partial charge in [0.2, 0.25) is 0 Å². The third-order valence-corrected chi connectivity index (χ3v) is 3.73. The molecule has 0 spiro atoms. The summed E-state index contributed by atoms with van der Waals surface area (Å²) >= 11 is 0. The van der Waals surface area contributed by atoms with Gasteiger partial charge in [-0.2, -0.15) is 0 Å². The Bertz CT molecular complexity index is 504. The first-order valence-electron chi connectivity index (χ1n) is 6.42. The summed E-state index contributed by atoms with van der Waals surface area (Å²) in [6, 6.07) is 1.36. The number of hydrazine groups is 1. The van der Waals surface area contributed by atoms with Crippen molar-refractivity contribution < 1.29 is 18.3 Å². The summed E-state index contributed by atoms with van der Waals surface area (Å²) in [5, 5.41) is 12.7. The Morgan fingerprint density at radius 3 is 2.55 bits per heavy atom. The zero-order chi connectivity index (χ0) is 14.9. The molecule has 0 atom stereocenters. The van der Waals surface area contributed by atoms with E-state index in [9.17, 15) is 18.3 Å². The van der Waals surface area contributed by atoms with Crippen molar-refractivity contribution in [2.24, 2.45) is 5.84 Å². The van der Waals surface area contributed by atoms with E-state index >= 15 is 0 Å². The molecule has 0 unspecified atom stereocenters. The molecule has 0 saturated heterocycles. The number of aliphatic hydroxyl groups is 1. The van der Waals surface area contributed by atoms with E-state index in [1.807, 2.05) is 0 Å². The van der Waals surface area contributed by atoms with Gasteiger partial charge in [0.05, 0.1) is 22.5 Å². The summed E-state index contributed by atoms with van der Waals surface area (Å²) in [5.74, 6) is 4.35. The lowest BCUT2D eigenvalue weighted by atomic mass is 9.80. The quantitative estimate of drug-likeness (QED) is 0.497. The Labute approximate surface area is 115 Å². The lowest BCUT2D eigenvalue weighted by Crippen LogP contribution is -2.43. The Balaban J connectivity index is 2.35. The van der Waals surface area contributed by atoms with Gasteiger partial charge in [0.1, 0.15) is 5.82 Å². The summed E-state index contributed by atoms with van der Waals surface area (Å²) in [6.45, 7) is 1.48. The molecule has 4 nitrogen and oxygen atoms in total. The number of rotatable bonds is 5. The summed E-state index contributed by atoms with van der Waals surface area (Å²) in [7, 11) is 0. The zero-order valence-corrected chi connectivity index (χ0v) is 11.1. The number of anilines is 2. The number of nitrogen functional groups attached to an aromatic ring is 1. The van der Waals surface area contributed by atoms with Crippen molar-refractivity contribution in [2.45, 2.75) is 38.2 Å². The second-order valence-corrected chi connectivity index (χ2v) is 5.22. The molecule has 20 heavy (non-hydrogen) atoms. The molecule has 1 aliphatic carbocycles. The van der Waals surface area contributed by atoms with Crippen LogP contribution in [0.4, 0.5) is 24.5 Å². The molecule has 5 N–H and O–H groups in total. The minimum absolute atomic E-state index is 0.0844. The van der Waals surface area contributed by atoms with Gasteiger partial charge in [-0.3, -0.25) is 5.84 Å². The molecule has 1 aromatic rings. The van der Waals surface area contributed by atoms with E-state index in [0.717, 1.165) is 6.42 Å². The molecule has 2 rings (SSSR count). The maximum Gasteiger partial charge on any atom is 0.268 e. The van der Waals surface area contributed by atoms with Gasteiger partial charge in [-0.15, -0.1) is 0 Å². The Hall–Kier alpha value is -1.47. The van der Waals surface area contributed by atoms with E-state index < -0.39 is 23.4 Å². The van der Waals surface area contributed by atoms with E-state index in [4.69, 9.17) is 5.84 Å².